The Hall–Kier alpha value is -1.06. The highest BCUT2D eigenvalue weighted by Crippen LogP contribution is 2.17. The van der Waals surface area contributed by atoms with Gasteiger partial charge in [-0.1, -0.05) is 12.1 Å². The van der Waals surface area contributed by atoms with E-state index in [9.17, 15) is 10.2 Å². The van der Waals surface area contributed by atoms with Gasteiger partial charge in [0.2, 0.25) is 0 Å². The van der Waals surface area contributed by atoms with Crippen LogP contribution < -0.4 is 5.32 Å². The molecule has 0 radical (unpaired) electrons. The maximum Gasteiger partial charge on any atom is 0.115 e. The standard InChI is InChI=1S/C9H13NO2/c1-10-6-9(12)7-3-2-4-8(11)5-7/h2-5,9-12H,6H2,1H3/i2D,3D,4D,5D,9D. The van der Waals surface area contributed by atoms with Crippen LogP contribution in [0.2, 0.25) is 0 Å². The van der Waals surface area contributed by atoms with Crippen molar-refractivity contribution in [2.45, 2.75) is 6.08 Å². The van der Waals surface area contributed by atoms with Crippen LogP contribution in [0, 0.1) is 0 Å². The van der Waals surface area contributed by atoms with Gasteiger partial charge in [0.1, 0.15) is 5.75 Å². The highest BCUT2D eigenvalue weighted by molar-refractivity contribution is 5.28. The molecule has 0 fully saturated rings. The summed E-state index contributed by atoms with van der Waals surface area (Å²) in [6, 6.07) is -2.52. The van der Waals surface area contributed by atoms with Crippen molar-refractivity contribution in [1.82, 2.24) is 5.32 Å². The van der Waals surface area contributed by atoms with Crippen molar-refractivity contribution in [2.75, 3.05) is 13.6 Å². The summed E-state index contributed by atoms with van der Waals surface area (Å²) < 4.78 is 37.4. The van der Waals surface area contributed by atoms with Gasteiger partial charge in [-0.3, -0.25) is 0 Å². The quantitative estimate of drug-likeness (QED) is 0.627. The van der Waals surface area contributed by atoms with E-state index in [4.69, 9.17) is 6.85 Å². The van der Waals surface area contributed by atoms with Gasteiger partial charge in [-0.15, -0.1) is 0 Å². The number of hydrogen-bond donors (Lipinski definition) is 3. The second kappa shape index (κ2) is 4.09. The molecule has 1 aromatic carbocycles. The molecule has 66 valence electrons. The molecule has 0 heterocycles. The maximum absolute atomic E-state index is 9.80. The van der Waals surface area contributed by atoms with Crippen LogP contribution in [0.15, 0.2) is 24.2 Å². The molecule has 0 aliphatic carbocycles. The minimum atomic E-state index is -2.30. The number of aromatic hydroxyl groups is 1. The minimum Gasteiger partial charge on any atom is -0.508 e. The lowest BCUT2D eigenvalue weighted by Crippen LogP contribution is -2.16. The first kappa shape index (κ1) is 4.25. The van der Waals surface area contributed by atoms with E-state index in [-0.39, 0.29) is 6.54 Å². The summed E-state index contributed by atoms with van der Waals surface area (Å²) >= 11 is 0. The molecule has 1 unspecified atom stereocenters. The summed E-state index contributed by atoms with van der Waals surface area (Å²) in [4.78, 5) is 0. The van der Waals surface area contributed by atoms with E-state index in [1.165, 1.54) is 7.05 Å². The summed E-state index contributed by atoms with van der Waals surface area (Å²) in [7, 11) is 1.48. The fraction of sp³-hybridized carbons (Fsp3) is 0.333. The van der Waals surface area contributed by atoms with E-state index in [0.29, 0.717) is 0 Å². The average Bonchev–Trinajstić information content (AvgIpc) is 2.23. The number of nitrogens with one attached hydrogen (secondary N) is 1. The van der Waals surface area contributed by atoms with Crippen LogP contribution in [0.5, 0.6) is 5.75 Å². The van der Waals surface area contributed by atoms with Crippen LogP contribution in [-0.2, 0) is 0 Å². The smallest absolute Gasteiger partial charge is 0.115 e. The molecule has 1 atom stereocenters. The molecule has 1 rings (SSSR count). The van der Waals surface area contributed by atoms with Crippen molar-refractivity contribution in [1.29, 1.82) is 0 Å². The van der Waals surface area contributed by atoms with Gasteiger partial charge in [-0.2, -0.15) is 0 Å². The van der Waals surface area contributed by atoms with Crippen molar-refractivity contribution >= 4 is 0 Å². The fourth-order valence-corrected chi connectivity index (χ4v) is 0.734. The third kappa shape index (κ3) is 2.22. The van der Waals surface area contributed by atoms with E-state index >= 15 is 0 Å². The molecule has 12 heavy (non-hydrogen) atoms. The van der Waals surface area contributed by atoms with Crippen LogP contribution in [0.3, 0.4) is 0 Å². The fourth-order valence-electron chi connectivity index (χ4n) is 0.734. The highest BCUT2D eigenvalue weighted by atomic mass is 16.3. The second-order valence-electron chi connectivity index (χ2n) is 2.20. The number of phenolic OH excluding ortho intramolecular Hbond substituents is 1. The predicted octanol–water partition coefficient (Wildman–Crippen LogP) is 0.645. The number of benzene rings is 1. The third-order valence-corrected chi connectivity index (χ3v) is 1.24. The van der Waals surface area contributed by atoms with E-state index < -0.39 is 41.6 Å². The van der Waals surface area contributed by atoms with Gasteiger partial charge in [0.15, 0.2) is 0 Å². The summed E-state index contributed by atoms with van der Waals surface area (Å²) in [6.45, 7) is -0.263. The molecule has 0 amide bonds. The molecule has 0 spiro atoms. The Morgan fingerprint density at radius 1 is 1.75 bits per heavy atom. The molecule has 0 aliphatic rings. The van der Waals surface area contributed by atoms with Gasteiger partial charge in [0.05, 0.1) is 12.9 Å². The summed E-state index contributed by atoms with van der Waals surface area (Å²) in [5, 5.41) is 21.7. The molecule has 3 N–H and O–H groups in total. The molecular weight excluding hydrogens is 154 g/mol. The lowest BCUT2D eigenvalue weighted by molar-refractivity contribution is 0.177. The van der Waals surface area contributed by atoms with Crippen LogP contribution >= 0.6 is 0 Å². The first-order valence-corrected chi connectivity index (χ1v) is 3.40. The first-order chi connectivity index (χ1) is 7.74. The van der Waals surface area contributed by atoms with E-state index in [2.05, 4.69) is 5.32 Å². The molecule has 3 heteroatoms. The third-order valence-electron chi connectivity index (χ3n) is 1.24. The van der Waals surface area contributed by atoms with E-state index in [0.717, 1.165) is 0 Å². The van der Waals surface area contributed by atoms with Crippen molar-refractivity contribution in [3.63, 3.8) is 0 Å². The Bertz CT molecular complexity index is 420. The number of hydrogen-bond acceptors (Lipinski definition) is 3. The van der Waals surface area contributed by atoms with Crippen molar-refractivity contribution in [3.05, 3.63) is 29.7 Å². The van der Waals surface area contributed by atoms with E-state index in [1.807, 2.05) is 0 Å². The first-order valence-electron chi connectivity index (χ1n) is 5.90. The number of rotatable bonds is 3. The zero-order chi connectivity index (χ0) is 13.4. The number of likely N-dealkylation sites (N-methyl/N-ethyl adjacent to an activating group) is 1. The van der Waals surface area contributed by atoms with Crippen molar-refractivity contribution < 1.29 is 17.1 Å². The zero-order valence-corrected chi connectivity index (χ0v) is 6.60. The topological polar surface area (TPSA) is 52.5 Å². The maximum atomic E-state index is 9.80. The lowest BCUT2D eigenvalue weighted by atomic mass is 10.1. The lowest BCUT2D eigenvalue weighted by Gasteiger charge is -2.09. The minimum absolute atomic E-state index is 0.263. The summed E-state index contributed by atoms with van der Waals surface area (Å²) in [5.41, 5.74) is -0.481. The van der Waals surface area contributed by atoms with Crippen molar-refractivity contribution in [3.8, 4) is 5.75 Å². The summed E-state index contributed by atoms with van der Waals surface area (Å²) in [5.74, 6) is -0.803. The molecule has 1 aromatic rings. The molecule has 0 aliphatic heterocycles. The SMILES string of the molecule is [2H]c1c([2H])c(O)c([2H])c(C([2H])(O)CNC)c1[2H]. The number of phenols is 1. The van der Waals surface area contributed by atoms with Gasteiger partial charge in [-0.05, 0) is 24.7 Å². The molecule has 0 saturated heterocycles. The Morgan fingerprint density at radius 3 is 3.17 bits per heavy atom. The second-order valence-corrected chi connectivity index (χ2v) is 2.20. The van der Waals surface area contributed by atoms with E-state index in [1.54, 1.807) is 0 Å². The largest absolute Gasteiger partial charge is 0.508 e. The molecule has 3 nitrogen and oxygen atoms in total. The van der Waals surface area contributed by atoms with Gasteiger partial charge >= 0.3 is 0 Å². The molecular formula is C9H13NO2. The van der Waals surface area contributed by atoms with Crippen molar-refractivity contribution in [2.24, 2.45) is 0 Å². The Balaban J connectivity index is 3.54. The average molecular weight is 172 g/mol. The normalized spacial score (nSPS) is 21.3. The van der Waals surface area contributed by atoms with Gasteiger partial charge in [0.25, 0.3) is 0 Å². The van der Waals surface area contributed by atoms with Crippen LogP contribution in [0.1, 0.15) is 18.5 Å². The van der Waals surface area contributed by atoms with Crippen LogP contribution in [0.4, 0.5) is 0 Å². The number of aliphatic hydroxyl groups is 1. The predicted molar refractivity (Wildman–Crippen MR) is 47.0 cm³/mol. The molecule has 0 aromatic heterocycles. The highest BCUT2D eigenvalue weighted by Gasteiger charge is 2.05. The Kier molecular flexibility index (Phi) is 1.45. The molecule has 0 bridgehead atoms. The van der Waals surface area contributed by atoms with Gasteiger partial charge in [0, 0.05) is 6.54 Å². The Labute approximate surface area is 78.7 Å². The van der Waals surface area contributed by atoms with Crippen LogP contribution in [0.25, 0.3) is 0 Å². The summed E-state index contributed by atoms with van der Waals surface area (Å²) in [6.07, 6.45) is -2.30. The monoisotopic (exact) mass is 172 g/mol. The Morgan fingerprint density at radius 2 is 2.50 bits per heavy atom. The van der Waals surface area contributed by atoms with Gasteiger partial charge in [-0.25, -0.2) is 0 Å². The molecule has 0 saturated carbocycles. The van der Waals surface area contributed by atoms with Gasteiger partial charge < -0.3 is 15.5 Å². The zero-order valence-electron chi connectivity index (χ0n) is 11.6. The van der Waals surface area contributed by atoms with Crippen LogP contribution in [-0.4, -0.2) is 23.8 Å².